The molecule has 1 amide bonds. The van der Waals surface area contributed by atoms with Crippen LogP contribution in [0.25, 0.3) is 0 Å². The molecule has 1 heterocycles. The lowest BCUT2D eigenvalue weighted by Crippen LogP contribution is -2.27. The minimum Gasteiger partial charge on any atom is -0.487 e. The third-order valence-corrected chi connectivity index (χ3v) is 3.95. The zero-order chi connectivity index (χ0) is 15.4. The summed E-state index contributed by atoms with van der Waals surface area (Å²) in [6.07, 6.45) is 0. The van der Waals surface area contributed by atoms with Crippen LogP contribution in [0.3, 0.4) is 0 Å². The van der Waals surface area contributed by atoms with Gasteiger partial charge in [0, 0.05) is 24.5 Å². The molecule has 0 spiro atoms. The molecular formula is C15H19N3O2S. The molecule has 0 fully saturated rings. The maximum atomic E-state index is 11.5. The molecule has 112 valence electrons. The van der Waals surface area contributed by atoms with Crippen LogP contribution in [0.2, 0.25) is 0 Å². The van der Waals surface area contributed by atoms with Gasteiger partial charge in [0.05, 0.1) is 5.69 Å². The Hall–Kier alpha value is -2.08. The number of aryl methyl sites for hydroxylation is 1. The summed E-state index contributed by atoms with van der Waals surface area (Å²) >= 11 is 1.45. The largest absolute Gasteiger partial charge is 0.487 e. The number of hydrogen-bond donors (Lipinski definition) is 1. The van der Waals surface area contributed by atoms with Crippen molar-refractivity contribution in [2.75, 3.05) is 17.2 Å². The second kappa shape index (κ2) is 6.58. The molecule has 6 heteroatoms. The molecule has 0 aliphatic heterocycles. The van der Waals surface area contributed by atoms with Crippen LogP contribution < -0.4 is 15.4 Å². The fourth-order valence-electron chi connectivity index (χ4n) is 1.97. The molecule has 0 aliphatic carbocycles. The Morgan fingerprint density at radius 2 is 2.24 bits per heavy atom. The van der Waals surface area contributed by atoms with Gasteiger partial charge in [-0.15, -0.1) is 11.3 Å². The maximum Gasteiger partial charge on any atom is 0.225 e. The van der Waals surface area contributed by atoms with Gasteiger partial charge in [0.15, 0.2) is 5.13 Å². The number of carbonyl (C=O) groups excluding carboxylic acids is 1. The molecule has 0 saturated carbocycles. The number of benzene rings is 1. The highest BCUT2D eigenvalue weighted by molar-refractivity contribution is 7.14. The molecule has 1 aromatic carbocycles. The molecule has 21 heavy (non-hydrogen) atoms. The van der Waals surface area contributed by atoms with Crippen molar-refractivity contribution in [2.24, 2.45) is 0 Å². The first-order valence-electron chi connectivity index (χ1n) is 6.72. The lowest BCUT2D eigenvalue weighted by atomic mass is 10.2. The predicted molar refractivity (Wildman–Crippen MR) is 85.7 cm³/mol. The van der Waals surface area contributed by atoms with Crippen LogP contribution in [0, 0.1) is 6.92 Å². The van der Waals surface area contributed by atoms with Gasteiger partial charge in [-0.1, -0.05) is 0 Å². The fourth-order valence-corrected chi connectivity index (χ4v) is 2.88. The number of amides is 1. The molecular weight excluding hydrogens is 286 g/mol. The Morgan fingerprint density at radius 1 is 1.48 bits per heavy atom. The molecule has 0 aliphatic rings. The smallest absolute Gasteiger partial charge is 0.225 e. The van der Waals surface area contributed by atoms with Crippen LogP contribution in [-0.4, -0.2) is 17.4 Å². The van der Waals surface area contributed by atoms with Crippen molar-refractivity contribution in [1.82, 2.24) is 4.98 Å². The zero-order valence-corrected chi connectivity index (χ0v) is 13.2. The lowest BCUT2D eigenvalue weighted by Gasteiger charge is -2.14. The first-order chi connectivity index (χ1) is 10.0. The van der Waals surface area contributed by atoms with E-state index in [-0.39, 0.29) is 5.91 Å². The van der Waals surface area contributed by atoms with Gasteiger partial charge in [0.1, 0.15) is 12.4 Å². The monoisotopic (exact) mass is 305 g/mol. The van der Waals surface area contributed by atoms with E-state index in [0.717, 1.165) is 22.7 Å². The van der Waals surface area contributed by atoms with E-state index in [1.54, 1.807) is 11.8 Å². The minimum absolute atomic E-state index is 0.00584. The van der Waals surface area contributed by atoms with Gasteiger partial charge in [-0.05, 0) is 37.6 Å². The number of thiazole rings is 1. The molecule has 0 saturated heterocycles. The van der Waals surface area contributed by atoms with Gasteiger partial charge in [0.2, 0.25) is 5.91 Å². The Bertz CT molecular complexity index is 640. The number of ether oxygens (including phenoxy) is 1. The summed E-state index contributed by atoms with van der Waals surface area (Å²) in [4.78, 5) is 17.6. The molecule has 5 nitrogen and oxygen atoms in total. The van der Waals surface area contributed by atoms with Gasteiger partial charge >= 0.3 is 0 Å². The van der Waals surface area contributed by atoms with E-state index in [4.69, 9.17) is 10.5 Å². The number of hydrogen-bond acceptors (Lipinski definition) is 5. The Balaban J connectivity index is 2.04. The third-order valence-electron chi connectivity index (χ3n) is 3.04. The number of rotatable bonds is 5. The Morgan fingerprint density at radius 3 is 2.86 bits per heavy atom. The fraction of sp³-hybridized carbons (Fsp3) is 0.333. The molecule has 2 rings (SSSR count). The van der Waals surface area contributed by atoms with Gasteiger partial charge in [-0.25, -0.2) is 4.98 Å². The molecule has 0 bridgehead atoms. The van der Waals surface area contributed by atoms with Gasteiger partial charge < -0.3 is 10.5 Å². The van der Waals surface area contributed by atoms with Crippen molar-refractivity contribution in [3.8, 4) is 5.75 Å². The SMILES string of the molecule is CCN(C(C)=O)c1nc(COc2ccc(N)cc2C)cs1. The van der Waals surface area contributed by atoms with Crippen molar-refractivity contribution in [3.63, 3.8) is 0 Å². The molecule has 0 atom stereocenters. The van der Waals surface area contributed by atoms with E-state index >= 15 is 0 Å². The van der Waals surface area contributed by atoms with E-state index in [1.807, 2.05) is 37.4 Å². The highest BCUT2D eigenvalue weighted by Gasteiger charge is 2.13. The number of anilines is 2. The molecule has 2 aromatic rings. The van der Waals surface area contributed by atoms with Crippen LogP contribution in [0.1, 0.15) is 25.1 Å². The van der Waals surface area contributed by atoms with Crippen molar-refractivity contribution in [3.05, 3.63) is 34.8 Å². The highest BCUT2D eigenvalue weighted by atomic mass is 32.1. The Kier molecular flexibility index (Phi) is 4.80. The lowest BCUT2D eigenvalue weighted by molar-refractivity contribution is -0.116. The quantitative estimate of drug-likeness (QED) is 0.862. The van der Waals surface area contributed by atoms with Gasteiger partial charge in [0.25, 0.3) is 0 Å². The topological polar surface area (TPSA) is 68.5 Å². The number of aromatic nitrogens is 1. The number of carbonyl (C=O) groups is 1. The average Bonchev–Trinajstić information content (AvgIpc) is 2.87. The summed E-state index contributed by atoms with van der Waals surface area (Å²) in [7, 11) is 0. The first kappa shape index (κ1) is 15.3. The van der Waals surface area contributed by atoms with Crippen LogP contribution in [0.15, 0.2) is 23.6 Å². The van der Waals surface area contributed by atoms with Crippen molar-refractivity contribution < 1.29 is 9.53 Å². The third kappa shape index (κ3) is 3.72. The maximum absolute atomic E-state index is 11.5. The first-order valence-corrected chi connectivity index (χ1v) is 7.60. The number of nitrogens with zero attached hydrogens (tertiary/aromatic N) is 2. The normalized spacial score (nSPS) is 10.4. The van der Waals surface area contributed by atoms with Crippen LogP contribution >= 0.6 is 11.3 Å². The van der Waals surface area contributed by atoms with Crippen molar-refractivity contribution >= 4 is 28.1 Å². The summed E-state index contributed by atoms with van der Waals surface area (Å²) in [6, 6.07) is 5.53. The summed E-state index contributed by atoms with van der Waals surface area (Å²) < 4.78 is 5.75. The van der Waals surface area contributed by atoms with Gasteiger partial charge in [-0.2, -0.15) is 0 Å². The predicted octanol–water partition coefficient (Wildman–Crippen LogP) is 2.99. The van der Waals surface area contributed by atoms with Crippen molar-refractivity contribution in [1.29, 1.82) is 0 Å². The van der Waals surface area contributed by atoms with E-state index < -0.39 is 0 Å². The minimum atomic E-state index is -0.00584. The molecule has 2 N–H and O–H groups in total. The zero-order valence-electron chi connectivity index (χ0n) is 12.4. The van der Waals surface area contributed by atoms with E-state index in [2.05, 4.69) is 4.98 Å². The van der Waals surface area contributed by atoms with Crippen LogP contribution in [0.4, 0.5) is 10.8 Å². The van der Waals surface area contributed by atoms with E-state index in [1.165, 1.54) is 11.3 Å². The standard InChI is InChI=1S/C15H19N3O2S/c1-4-18(11(3)19)15-17-13(9-21-15)8-20-14-6-5-12(16)7-10(14)2/h5-7,9H,4,8,16H2,1-3H3. The van der Waals surface area contributed by atoms with Gasteiger partial charge in [-0.3, -0.25) is 9.69 Å². The second-order valence-electron chi connectivity index (χ2n) is 4.70. The van der Waals surface area contributed by atoms with Crippen LogP contribution in [0.5, 0.6) is 5.75 Å². The summed E-state index contributed by atoms with van der Waals surface area (Å²) in [5.41, 5.74) is 8.23. The Labute approximate surface area is 128 Å². The highest BCUT2D eigenvalue weighted by Crippen LogP contribution is 2.24. The summed E-state index contributed by atoms with van der Waals surface area (Å²) in [5, 5.41) is 2.62. The number of nitrogens with two attached hydrogens (primary N) is 1. The van der Waals surface area contributed by atoms with E-state index in [9.17, 15) is 4.79 Å². The summed E-state index contributed by atoms with van der Waals surface area (Å²) in [5.74, 6) is 0.784. The molecule has 1 aromatic heterocycles. The average molecular weight is 305 g/mol. The summed E-state index contributed by atoms with van der Waals surface area (Å²) in [6.45, 7) is 6.40. The number of nitrogen functional groups attached to an aromatic ring is 1. The van der Waals surface area contributed by atoms with Crippen LogP contribution in [-0.2, 0) is 11.4 Å². The molecule has 0 unspecified atom stereocenters. The van der Waals surface area contributed by atoms with Crippen molar-refractivity contribution in [2.45, 2.75) is 27.4 Å². The second-order valence-corrected chi connectivity index (χ2v) is 5.53. The van der Waals surface area contributed by atoms with E-state index in [0.29, 0.717) is 18.3 Å². The molecule has 0 radical (unpaired) electrons.